The van der Waals surface area contributed by atoms with E-state index < -0.39 is 82.1 Å². The molecule has 1 unspecified atom stereocenters. The fourth-order valence-corrected chi connectivity index (χ4v) is 8.80. The van der Waals surface area contributed by atoms with Crippen molar-refractivity contribution in [3.05, 3.63) is 98.0 Å². The molecule has 2 fully saturated rings. The third kappa shape index (κ3) is 13.5. The normalized spacial score (nSPS) is 17.2. The molecule has 3 aromatic carbocycles. The van der Waals surface area contributed by atoms with Crippen LogP contribution in [0.2, 0.25) is 0 Å². The Balaban J connectivity index is 0.986. The predicted molar refractivity (Wildman–Crippen MR) is 256 cm³/mol. The first kappa shape index (κ1) is 52.1. The monoisotopic (exact) mass is 1080 g/mol. The Morgan fingerprint density at radius 3 is 2.35 bits per heavy atom. The second-order valence-corrected chi connectivity index (χ2v) is 20.0. The number of β-amino-alcohol motifs (C(OH)–C–C–N with tert-alkyl or cyclic N) is 1. The maximum absolute atomic E-state index is 14.7. The first-order chi connectivity index (χ1) is 32.2. The first-order valence-corrected chi connectivity index (χ1v) is 24.1. The maximum Gasteiger partial charge on any atom is 0.277 e. The van der Waals surface area contributed by atoms with E-state index in [1.807, 2.05) is 41.6 Å². The lowest BCUT2D eigenvalue weighted by Crippen LogP contribution is -2.59. The molecule has 4 atom stereocenters. The summed E-state index contributed by atoms with van der Waals surface area (Å²) in [6.07, 6.45) is -0.189. The van der Waals surface area contributed by atoms with Crippen LogP contribution in [0.25, 0.3) is 10.4 Å². The Morgan fingerprint density at radius 2 is 1.69 bits per heavy atom. The van der Waals surface area contributed by atoms with E-state index in [0.717, 1.165) is 28.3 Å². The van der Waals surface area contributed by atoms with Gasteiger partial charge in [0.1, 0.15) is 17.9 Å². The summed E-state index contributed by atoms with van der Waals surface area (Å²) in [5.74, 6) is -6.66. The summed E-state index contributed by atoms with van der Waals surface area (Å²) < 4.78 is 58.6. The van der Waals surface area contributed by atoms with Gasteiger partial charge in [-0.3, -0.25) is 28.8 Å². The van der Waals surface area contributed by atoms with Crippen LogP contribution in [-0.4, -0.2) is 101 Å². The summed E-state index contributed by atoms with van der Waals surface area (Å²) in [5, 5.41) is 24.8. The molecule has 21 heteroatoms. The number of rotatable bonds is 21. The summed E-state index contributed by atoms with van der Waals surface area (Å²) in [6.45, 7) is 8.19. The van der Waals surface area contributed by atoms with Crippen molar-refractivity contribution in [1.29, 1.82) is 0 Å². The quantitative estimate of drug-likeness (QED) is 0.0216. The van der Waals surface area contributed by atoms with Crippen LogP contribution in [0.3, 0.4) is 0 Å². The SMILES string of the molecule is Cc1ncsc1-c1ccc([C@H](CC(=O)NCCCNCCCONC(=O)c2ccc(F)c(F)c2Nc2ccc(I)cc2F)NC(=O)[C@@H]2C[C@@H](O)CN2C(=O)C(NC(=O)C2(F)CC2)C(C)(C)C)cc1. The van der Waals surface area contributed by atoms with Crippen molar-refractivity contribution >= 4 is 74.8 Å². The molecule has 1 saturated carbocycles. The topological polar surface area (TPSA) is 203 Å². The number of aromatic nitrogens is 1. The lowest BCUT2D eigenvalue weighted by Gasteiger charge is -2.36. The Kier molecular flexibility index (Phi) is 17.6. The molecule has 15 nitrogen and oxygen atoms in total. The highest BCUT2D eigenvalue weighted by atomic mass is 127. The molecule has 1 aromatic heterocycles. The minimum Gasteiger partial charge on any atom is -0.391 e. The number of likely N-dealkylation sites (tertiary alicyclic amines) is 1. The number of amides is 5. The van der Waals surface area contributed by atoms with Crippen LogP contribution in [0.15, 0.2) is 60.1 Å². The van der Waals surface area contributed by atoms with E-state index in [4.69, 9.17) is 4.84 Å². The smallest absolute Gasteiger partial charge is 0.277 e. The molecule has 2 heterocycles. The van der Waals surface area contributed by atoms with Crippen LogP contribution in [-0.2, 0) is 24.0 Å². The standard InChI is InChI=1S/C47H55F4IN8O7S/c1-26-40(68-25-55-26)28-9-7-27(8-10-28)35(57-43(64)36-22-30(61)24-60(36)44(65)41(46(2,3)4)58-45(66)47(51)15-16-47)23-37(62)54-19-5-17-53-18-6-20-67-59-42(63)31-12-13-32(48)38(50)39(31)56-34-14-11-29(52)21-33(34)49/h7-14,21,25,30,35-36,41,53,56,61H,5-6,15-20,22-24H2,1-4H3,(H,54,62)(H,57,64)(H,58,66)(H,59,63)/t30-,35+,36+,41?/m1/s1. The minimum atomic E-state index is -2.03. The summed E-state index contributed by atoms with van der Waals surface area (Å²) in [6, 6.07) is 10.1. The molecule has 0 bridgehead atoms. The summed E-state index contributed by atoms with van der Waals surface area (Å²) >= 11 is 3.38. The number of alkyl halides is 1. The van der Waals surface area contributed by atoms with Crippen molar-refractivity contribution in [3.63, 3.8) is 0 Å². The molecular formula is C47H55F4IN8O7S. The van der Waals surface area contributed by atoms with Gasteiger partial charge in [-0.2, -0.15) is 0 Å². The van der Waals surface area contributed by atoms with Crippen molar-refractivity contribution in [2.75, 3.05) is 38.1 Å². The number of anilines is 2. The van der Waals surface area contributed by atoms with Gasteiger partial charge in [0.25, 0.3) is 11.8 Å². The molecule has 0 radical (unpaired) electrons. The third-order valence-electron chi connectivity index (χ3n) is 11.5. The molecule has 68 heavy (non-hydrogen) atoms. The molecule has 1 aliphatic heterocycles. The van der Waals surface area contributed by atoms with Gasteiger partial charge < -0.3 is 36.6 Å². The van der Waals surface area contributed by atoms with Crippen LogP contribution in [0, 0.1) is 33.4 Å². The highest BCUT2D eigenvalue weighted by molar-refractivity contribution is 14.1. The van der Waals surface area contributed by atoms with Crippen molar-refractivity contribution in [2.45, 2.75) is 96.1 Å². The number of hydroxylamine groups is 1. The fourth-order valence-electron chi connectivity index (χ4n) is 7.54. The van der Waals surface area contributed by atoms with E-state index in [2.05, 4.69) is 37.0 Å². The van der Waals surface area contributed by atoms with Crippen LogP contribution in [0.5, 0.6) is 0 Å². The third-order valence-corrected chi connectivity index (χ3v) is 13.2. The van der Waals surface area contributed by atoms with Crippen LogP contribution in [0.1, 0.15) is 87.0 Å². The number of thiazole rings is 1. The number of nitrogens with one attached hydrogen (secondary N) is 6. The lowest BCUT2D eigenvalue weighted by molar-refractivity contribution is -0.145. The summed E-state index contributed by atoms with van der Waals surface area (Å²) in [5.41, 5.74) is 2.42. The van der Waals surface area contributed by atoms with Gasteiger partial charge in [0.05, 0.1) is 58.2 Å². The van der Waals surface area contributed by atoms with Crippen LogP contribution < -0.4 is 32.1 Å². The van der Waals surface area contributed by atoms with E-state index >= 15 is 0 Å². The molecule has 2 aliphatic rings. The molecule has 0 spiro atoms. The molecule has 1 aliphatic carbocycles. The number of hydrogen-bond acceptors (Lipinski definition) is 11. The largest absolute Gasteiger partial charge is 0.391 e. The number of carbonyl (C=O) groups is 5. The first-order valence-electron chi connectivity index (χ1n) is 22.1. The molecule has 4 aromatic rings. The van der Waals surface area contributed by atoms with E-state index in [1.54, 1.807) is 44.5 Å². The average molecular weight is 1080 g/mol. The molecule has 7 N–H and O–H groups in total. The molecule has 6 rings (SSSR count). The Labute approximate surface area is 409 Å². The van der Waals surface area contributed by atoms with E-state index in [0.29, 0.717) is 35.1 Å². The van der Waals surface area contributed by atoms with Crippen LogP contribution >= 0.6 is 33.9 Å². The number of hydrogen-bond donors (Lipinski definition) is 7. The summed E-state index contributed by atoms with van der Waals surface area (Å²) in [7, 11) is 0. The number of nitrogens with zero attached hydrogens (tertiary/aromatic N) is 2. The Morgan fingerprint density at radius 1 is 0.971 bits per heavy atom. The maximum atomic E-state index is 14.7. The van der Waals surface area contributed by atoms with E-state index in [9.17, 15) is 46.6 Å². The lowest BCUT2D eigenvalue weighted by atomic mass is 9.85. The van der Waals surface area contributed by atoms with Gasteiger partial charge in [-0.05, 0) is 115 Å². The van der Waals surface area contributed by atoms with Crippen molar-refractivity contribution in [1.82, 2.24) is 36.6 Å². The Bertz CT molecular complexity index is 2470. The van der Waals surface area contributed by atoms with Gasteiger partial charge in [0.15, 0.2) is 17.3 Å². The van der Waals surface area contributed by atoms with Gasteiger partial charge in [0, 0.05) is 23.1 Å². The zero-order valence-electron chi connectivity index (χ0n) is 38.0. The fraction of sp³-hybridized carbons (Fsp3) is 0.447. The molecule has 366 valence electrons. The molecular weight excluding hydrogens is 1020 g/mol. The number of halogens is 5. The van der Waals surface area contributed by atoms with Crippen molar-refractivity contribution in [2.24, 2.45) is 5.41 Å². The average Bonchev–Trinajstić information content (AvgIpc) is 3.70. The number of aliphatic hydroxyl groups is 1. The number of benzene rings is 3. The van der Waals surface area contributed by atoms with E-state index in [-0.39, 0.29) is 62.5 Å². The van der Waals surface area contributed by atoms with Gasteiger partial charge >= 0.3 is 0 Å². The molecule has 5 amide bonds. The number of carbonyl (C=O) groups excluding carboxylic acids is 5. The highest BCUT2D eigenvalue weighted by Crippen LogP contribution is 2.40. The van der Waals surface area contributed by atoms with Gasteiger partial charge in [-0.1, -0.05) is 45.0 Å². The highest BCUT2D eigenvalue weighted by Gasteiger charge is 2.53. The second kappa shape index (κ2) is 22.9. The van der Waals surface area contributed by atoms with Crippen LogP contribution in [0.4, 0.5) is 28.9 Å². The Hall–Kier alpha value is -5.23. The number of aliphatic hydroxyl groups excluding tert-OH is 1. The number of aryl methyl sites for hydroxylation is 1. The van der Waals surface area contributed by atoms with Gasteiger partial charge in [0.2, 0.25) is 17.7 Å². The van der Waals surface area contributed by atoms with Gasteiger partial charge in [-0.15, -0.1) is 11.3 Å². The second-order valence-electron chi connectivity index (χ2n) is 17.9. The van der Waals surface area contributed by atoms with Crippen molar-refractivity contribution < 1.29 is 51.5 Å². The van der Waals surface area contributed by atoms with Gasteiger partial charge in [-0.25, -0.2) is 28.0 Å². The zero-order valence-corrected chi connectivity index (χ0v) is 40.9. The zero-order chi connectivity index (χ0) is 49.3. The summed E-state index contributed by atoms with van der Waals surface area (Å²) in [4.78, 5) is 78.9. The molecule has 1 saturated heterocycles. The minimum absolute atomic E-state index is 0.0602. The predicted octanol–water partition coefficient (Wildman–Crippen LogP) is 6.27. The van der Waals surface area contributed by atoms with Crippen molar-refractivity contribution in [3.8, 4) is 10.4 Å². The van der Waals surface area contributed by atoms with E-state index in [1.165, 1.54) is 28.4 Å².